The lowest BCUT2D eigenvalue weighted by atomic mass is 9.21. The SMILES string of the molecule is B1C2CCCC(C2)C2C3CCC45C(CC4C13)CC25. The maximum Gasteiger partial charge on any atom is 0.128 e. The standard InChI is InChI=1S/C17H25B/c1-2-9-6-11(3-1)18-16-12-4-5-17-10(8-14(16)17)7-13(17)15(9)12/h9-16,18H,1-8H2. The minimum Gasteiger partial charge on any atom is -0.0651 e. The van der Waals surface area contributed by atoms with E-state index in [1.807, 2.05) is 0 Å². The number of rotatable bonds is 0. The van der Waals surface area contributed by atoms with Crippen molar-refractivity contribution in [2.45, 2.75) is 63.0 Å². The Morgan fingerprint density at radius 2 is 1.89 bits per heavy atom. The largest absolute Gasteiger partial charge is 0.128 e. The monoisotopic (exact) mass is 240 g/mol. The van der Waals surface area contributed by atoms with Crippen LogP contribution in [-0.2, 0) is 0 Å². The average Bonchev–Trinajstić information content (AvgIpc) is 2.49. The third-order valence-corrected chi connectivity index (χ3v) is 9.13. The Bertz CT molecular complexity index is 418. The Labute approximate surface area is 112 Å². The summed E-state index contributed by atoms with van der Waals surface area (Å²) in [5.74, 6) is 9.67. The van der Waals surface area contributed by atoms with Gasteiger partial charge in [-0.1, -0.05) is 37.3 Å². The summed E-state index contributed by atoms with van der Waals surface area (Å²) >= 11 is 0. The summed E-state index contributed by atoms with van der Waals surface area (Å²) in [5, 5.41) is 0. The fourth-order valence-corrected chi connectivity index (χ4v) is 8.81. The van der Waals surface area contributed by atoms with Crippen LogP contribution in [0.25, 0.3) is 0 Å². The van der Waals surface area contributed by atoms with Crippen molar-refractivity contribution in [2.75, 3.05) is 0 Å². The molecular weight excluding hydrogens is 215 g/mol. The topological polar surface area (TPSA) is 0 Å². The molecule has 1 aliphatic heterocycles. The van der Waals surface area contributed by atoms with E-state index in [2.05, 4.69) is 0 Å². The van der Waals surface area contributed by atoms with Crippen LogP contribution in [0.15, 0.2) is 0 Å². The van der Waals surface area contributed by atoms with Gasteiger partial charge < -0.3 is 0 Å². The molecule has 0 aromatic heterocycles. The molecule has 6 aliphatic carbocycles. The van der Waals surface area contributed by atoms with Crippen LogP contribution < -0.4 is 0 Å². The van der Waals surface area contributed by atoms with Crippen LogP contribution in [0.5, 0.6) is 0 Å². The molecule has 1 heteroatoms. The van der Waals surface area contributed by atoms with Gasteiger partial charge in [-0.15, -0.1) is 0 Å². The summed E-state index contributed by atoms with van der Waals surface area (Å²) in [4.78, 5) is 0. The van der Waals surface area contributed by atoms with E-state index in [0.29, 0.717) is 0 Å². The molecule has 0 aromatic rings. The van der Waals surface area contributed by atoms with Crippen molar-refractivity contribution in [1.82, 2.24) is 0 Å². The summed E-state index contributed by atoms with van der Waals surface area (Å²) in [5.41, 5.74) is 0.960. The minimum absolute atomic E-state index is 0.960. The van der Waals surface area contributed by atoms with Crippen molar-refractivity contribution in [3.63, 3.8) is 0 Å². The van der Waals surface area contributed by atoms with Gasteiger partial charge in [0.25, 0.3) is 0 Å². The Morgan fingerprint density at radius 1 is 0.944 bits per heavy atom. The fourth-order valence-electron chi connectivity index (χ4n) is 8.81. The van der Waals surface area contributed by atoms with Gasteiger partial charge in [0.2, 0.25) is 0 Å². The lowest BCUT2D eigenvalue weighted by Gasteiger charge is -2.80. The maximum absolute atomic E-state index is 1.67. The molecule has 96 valence electrons. The Kier molecular flexibility index (Phi) is 1.59. The number of hydrogen-bond acceptors (Lipinski definition) is 0. The van der Waals surface area contributed by atoms with Gasteiger partial charge in [0.05, 0.1) is 0 Å². The van der Waals surface area contributed by atoms with Crippen molar-refractivity contribution in [1.29, 1.82) is 0 Å². The first-order valence-corrected chi connectivity index (χ1v) is 8.88. The van der Waals surface area contributed by atoms with Gasteiger partial charge in [-0.05, 0) is 66.6 Å². The number of fused-ring (bicyclic) bond motifs is 3. The predicted molar refractivity (Wildman–Crippen MR) is 75.0 cm³/mol. The van der Waals surface area contributed by atoms with E-state index >= 15 is 0 Å². The van der Waals surface area contributed by atoms with E-state index in [1.54, 1.807) is 58.6 Å². The quantitative estimate of drug-likeness (QED) is 0.563. The van der Waals surface area contributed by atoms with Crippen LogP contribution in [0.1, 0.15) is 51.4 Å². The van der Waals surface area contributed by atoms with Crippen molar-refractivity contribution >= 4 is 7.28 Å². The molecule has 0 N–H and O–H groups in total. The minimum atomic E-state index is 0.960. The molecule has 9 unspecified atom stereocenters. The average molecular weight is 240 g/mol. The Morgan fingerprint density at radius 3 is 2.83 bits per heavy atom. The van der Waals surface area contributed by atoms with E-state index in [1.165, 1.54) is 41.3 Å². The zero-order valence-corrected chi connectivity index (χ0v) is 11.5. The number of hydrogen-bond donors (Lipinski definition) is 0. The molecule has 18 heavy (non-hydrogen) atoms. The van der Waals surface area contributed by atoms with Gasteiger partial charge in [-0.2, -0.15) is 0 Å². The van der Waals surface area contributed by atoms with Crippen LogP contribution in [-0.4, -0.2) is 7.28 Å². The van der Waals surface area contributed by atoms with Gasteiger partial charge in [0, 0.05) is 0 Å². The smallest absolute Gasteiger partial charge is 0.0651 e. The highest BCUT2D eigenvalue weighted by atomic mass is 14.8. The Balaban J connectivity index is 1.52. The van der Waals surface area contributed by atoms with Crippen molar-refractivity contribution in [3.05, 3.63) is 0 Å². The highest BCUT2D eigenvalue weighted by Crippen LogP contribution is 2.84. The molecule has 1 heterocycles. The normalized spacial score (nSPS) is 70.2. The molecule has 0 aromatic carbocycles. The van der Waals surface area contributed by atoms with Crippen LogP contribution in [0.3, 0.4) is 0 Å². The second kappa shape index (κ2) is 2.89. The molecule has 9 atom stereocenters. The summed E-state index contributed by atoms with van der Waals surface area (Å²) in [6.45, 7) is 0. The highest BCUT2D eigenvalue weighted by Gasteiger charge is 2.76. The predicted octanol–water partition coefficient (Wildman–Crippen LogP) is 3.89. The first-order chi connectivity index (χ1) is 8.88. The van der Waals surface area contributed by atoms with E-state index in [0.717, 1.165) is 11.2 Å². The summed E-state index contributed by atoms with van der Waals surface area (Å²) in [7, 11) is 1.67. The van der Waals surface area contributed by atoms with E-state index in [4.69, 9.17) is 0 Å². The van der Waals surface area contributed by atoms with Crippen molar-refractivity contribution < 1.29 is 0 Å². The molecule has 6 bridgehead atoms. The fraction of sp³-hybridized carbons (Fsp3) is 1.00. The van der Waals surface area contributed by atoms with Gasteiger partial charge in [-0.25, -0.2) is 0 Å². The van der Waals surface area contributed by atoms with Crippen LogP contribution in [0.2, 0.25) is 11.6 Å². The highest BCUT2D eigenvalue weighted by molar-refractivity contribution is 6.40. The van der Waals surface area contributed by atoms with Gasteiger partial charge >= 0.3 is 0 Å². The van der Waals surface area contributed by atoms with Crippen LogP contribution >= 0.6 is 0 Å². The summed E-state index contributed by atoms with van der Waals surface area (Å²) in [6, 6.07) is 0. The van der Waals surface area contributed by atoms with E-state index < -0.39 is 0 Å². The zero-order valence-electron chi connectivity index (χ0n) is 11.5. The van der Waals surface area contributed by atoms with Gasteiger partial charge in [0.1, 0.15) is 7.28 Å². The summed E-state index contributed by atoms with van der Waals surface area (Å²) in [6.07, 6.45) is 13.1. The molecular formula is C17H25B. The van der Waals surface area contributed by atoms with E-state index in [-0.39, 0.29) is 0 Å². The zero-order chi connectivity index (χ0) is 11.5. The molecule has 6 saturated carbocycles. The molecule has 0 radical (unpaired) electrons. The maximum atomic E-state index is 1.67. The molecule has 7 aliphatic rings. The Hall–Kier alpha value is 0.0649. The molecule has 0 amide bonds. The second-order valence-electron chi connectivity index (χ2n) is 8.97. The lowest BCUT2D eigenvalue weighted by molar-refractivity contribution is -0.297. The lowest BCUT2D eigenvalue weighted by Crippen LogP contribution is -2.73. The van der Waals surface area contributed by atoms with Crippen LogP contribution in [0, 0.1) is 40.9 Å². The first-order valence-electron chi connectivity index (χ1n) is 8.88. The van der Waals surface area contributed by atoms with Gasteiger partial charge in [0.15, 0.2) is 0 Å². The van der Waals surface area contributed by atoms with Gasteiger partial charge in [-0.3, -0.25) is 0 Å². The third-order valence-electron chi connectivity index (χ3n) is 9.13. The van der Waals surface area contributed by atoms with Crippen molar-refractivity contribution in [3.8, 4) is 0 Å². The first kappa shape index (κ1) is 9.89. The molecule has 1 spiro atoms. The molecule has 1 saturated heterocycles. The molecule has 0 nitrogen and oxygen atoms in total. The van der Waals surface area contributed by atoms with Crippen LogP contribution in [0.4, 0.5) is 0 Å². The summed E-state index contributed by atoms with van der Waals surface area (Å²) < 4.78 is 0. The molecule has 7 fully saturated rings. The van der Waals surface area contributed by atoms with E-state index in [9.17, 15) is 0 Å². The van der Waals surface area contributed by atoms with Crippen molar-refractivity contribution in [2.24, 2.45) is 40.9 Å². The molecule has 7 rings (SSSR count). The second-order valence-corrected chi connectivity index (χ2v) is 8.97. The third kappa shape index (κ3) is 0.835.